The second kappa shape index (κ2) is 7.17. The summed E-state index contributed by atoms with van der Waals surface area (Å²) in [4.78, 5) is 2.30. The van der Waals surface area contributed by atoms with Crippen molar-refractivity contribution in [2.24, 2.45) is 0 Å². The normalized spacial score (nSPS) is 19.4. The maximum absolute atomic E-state index is 5.88. The number of likely N-dealkylation sites (N-methyl/N-ethyl adjacent to an activating group) is 1. The maximum Gasteiger partial charge on any atom is 0.119 e. The van der Waals surface area contributed by atoms with Gasteiger partial charge in [0.25, 0.3) is 0 Å². The summed E-state index contributed by atoms with van der Waals surface area (Å²) in [7, 11) is 4.05. The van der Waals surface area contributed by atoms with Crippen LogP contribution >= 0.6 is 0 Å². The second-order valence-electron chi connectivity index (χ2n) is 4.07. The smallest absolute Gasteiger partial charge is 0.119 e. The Morgan fingerprint density at radius 3 is 2.35 bits per heavy atom. The summed E-state index contributed by atoms with van der Waals surface area (Å²) >= 11 is 0. The number of hydrogen-bond acceptors (Lipinski definition) is 3. The Kier molecular flexibility index (Phi) is 5.84. The van der Waals surface area contributed by atoms with Crippen LogP contribution in [0.1, 0.15) is 20.3 Å². The molecule has 1 unspecified atom stereocenters. The zero-order valence-electron chi connectivity index (χ0n) is 11.4. The quantitative estimate of drug-likeness (QED) is 0.873. The molecule has 0 radical (unpaired) electrons. The van der Waals surface area contributed by atoms with Crippen molar-refractivity contribution in [1.29, 1.82) is 0 Å². The molecular weight excluding hydrogens is 212 g/mol. The first-order chi connectivity index (χ1) is 8.28. The Morgan fingerprint density at radius 1 is 1.24 bits per heavy atom. The Hall–Kier alpha value is -1.22. The molecule has 3 heteroatoms. The number of hydrogen-bond donors (Lipinski definition) is 1. The molecule has 1 N–H and O–H groups in total. The predicted molar refractivity (Wildman–Crippen MR) is 73.9 cm³/mol. The Bertz CT molecular complexity index is 311. The van der Waals surface area contributed by atoms with E-state index in [2.05, 4.69) is 17.3 Å². The lowest BCUT2D eigenvalue weighted by Gasteiger charge is -2.13. The Morgan fingerprint density at radius 2 is 1.88 bits per heavy atom. The van der Waals surface area contributed by atoms with Crippen LogP contribution in [0.2, 0.25) is 0 Å². The molecule has 17 heavy (non-hydrogen) atoms. The highest BCUT2D eigenvalue weighted by molar-refractivity contribution is 5.45. The Balaban J connectivity index is 0.000000686. The standard InChI is InChI=1S/C12H18N2O.C2H6/c1-13-10-3-5-11(6-4-10)15-12-7-8-14(2)9-12;1-2/h3-6,12-13H,7-9H2,1-2H3;1-2H3. The van der Waals surface area contributed by atoms with Crippen LogP contribution in [0.15, 0.2) is 24.3 Å². The van der Waals surface area contributed by atoms with Gasteiger partial charge in [0.15, 0.2) is 0 Å². The summed E-state index contributed by atoms with van der Waals surface area (Å²) < 4.78 is 5.88. The molecule has 2 rings (SSSR count). The average Bonchev–Trinajstić information content (AvgIpc) is 2.78. The fourth-order valence-electron chi connectivity index (χ4n) is 1.88. The van der Waals surface area contributed by atoms with Gasteiger partial charge in [-0.2, -0.15) is 0 Å². The van der Waals surface area contributed by atoms with Gasteiger partial charge in [-0.15, -0.1) is 0 Å². The largest absolute Gasteiger partial charge is 0.489 e. The van der Waals surface area contributed by atoms with Crippen LogP contribution in [0, 0.1) is 0 Å². The molecule has 1 heterocycles. The van der Waals surface area contributed by atoms with E-state index in [1.165, 1.54) is 0 Å². The lowest BCUT2D eigenvalue weighted by molar-refractivity contribution is 0.208. The summed E-state index contributed by atoms with van der Waals surface area (Å²) in [6.45, 7) is 6.17. The number of rotatable bonds is 3. The zero-order chi connectivity index (χ0) is 12.7. The number of nitrogens with zero attached hydrogens (tertiary/aromatic N) is 1. The molecule has 1 aromatic rings. The minimum atomic E-state index is 0.357. The third-order valence-electron chi connectivity index (χ3n) is 2.79. The van der Waals surface area contributed by atoms with Crippen LogP contribution in [0.25, 0.3) is 0 Å². The van der Waals surface area contributed by atoms with E-state index in [0.29, 0.717) is 6.10 Å². The minimum Gasteiger partial charge on any atom is -0.489 e. The van der Waals surface area contributed by atoms with E-state index < -0.39 is 0 Å². The summed E-state index contributed by atoms with van der Waals surface area (Å²) in [6, 6.07) is 8.11. The van der Waals surface area contributed by atoms with Crippen molar-refractivity contribution in [3.05, 3.63) is 24.3 Å². The predicted octanol–water partition coefficient (Wildman–Crippen LogP) is 2.84. The third-order valence-corrected chi connectivity index (χ3v) is 2.79. The van der Waals surface area contributed by atoms with Crippen molar-refractivity contribution >= 4 is 5.69 Å². The maximum atomic E-state index is 5.88. The first-order valence-corrected chi connectivity index (χ1v) is 6.41. The molecule has 1 atom stereocenters. The van der Waals surface area contributed by atoms with Gasteiger partial charge in [0.05, 0.1) is 0 Å². The lowest BCUT2D eigenvalue weighted by atomic mass is 10.3. The molecule has 0 amide bonds. The van der Waals surface area contributed by atoms with Gasteiger partial charge in [-0.25, -0.2) is 0 Å². The van der Waals surface area contributed by atoms with Crippen molar-refractivity contribution in [3.63, 3.8) is 0 Å². The molecule has 0 saturated carbocycles. The van der Waals surface area contributed by atoms with Crippen molar-refractivity contribution in [2.75, 3.05) is 32.5 Å². The van der Waals surface area contributed by atoms with Crippen molar-refractivity contribution in [1.82, 2.24) is 4.90 Å². The number of benzene rings is 1. The van der Waals surface area contributed by atoms with Crippen LogP contribution in [-0.2, 0) is 0 Å². The summed E-state index contributed by atoms with van der Waals surface area (Å²) in [5.41, 5.74) is 1.12. The molecule has 1 aromatic carbocycles. The molecule has 1 aliphatic heterocycles. The second-order valence-corrected chi connectivity index (χ2v) is 4.07. The SMILES string of the molecule is CC.CNc1ccc(OC2CCN(C)C2)cc1. The molecular formula is C14H24N2O. The van der Waals surface area contributed by atoms with Crippen molar-refractivity contribution in [3.8, 4) is 5.75 Å². The molecule has 3 nitrogen and oxygen atoms in total. The van der Waals surface area contributed by atoms with E-state index in [1.807, 2.05) is 45.2 Å². The molecule has 0 aromatic heterocycles. The molecule has 96 valence electrons. The molecule has 1 fully saturated rings. The number of likely N-dealkylation sites (tertiary alicyclic amines) is 1. The Labute approximate surface area is 105 Å². The molecule has 0 bridgehead atoms. The van der Waals surface area contributed by atoms with Gasteiger partial charge in [0.1, 0.15) is 11.9 Å². The minimum absolute atomic E-state index is 0.357. The van der Waals surface area contributed by atoms with E-state index in [9.17, 15) is 0 Å². The molecule has 0 aliphatic carbocycles. The zero-order valence-corrected chi connectivity index (χ0v) is 11.4. The number of ether oxygens (including phenoxy) is 1. The first kappa shape index (κ1) is 13.8. The van der Waals surface area contributed by atoms with Crippen LogP contribution in [0.3, 0.4) is 0 Å². The third kappa shape index (κ3) is 4.27. The fourth-order valence-corrected chi connectivity index (χ4v) is 1.88. The van der Waals surface area contributed by atoms with Crippen LogP contribution in [-0.4, -0.2) is 38.2 Å². The van der Waals surface area contributed by atoms with Gasteiger partial charge in [0.2, 0.25) is 0 Å². The topological polar surface area (TPSA) is 24.5 Å². The van der Waals surface area contributed by atoms with E-state index in [-0.39, 0.29) is 0 Å². The highest BCUT2D eigenvalue weighted by Crippen LogP contribution is 2.19. The molecule has 1 saturated heterocycles. The van der Waals surface area contributed by atoms with Gasteiger partial charge in [0, 0.05) is 25.8 Å². The molecule has 0 spiro atoms. The van der Waals surface area contributed by atoms with Gasteiger partial charge >= 0.3 is 0 Å². The van der Waals surface area contributed by atoms with Gasteiger partial charge in [-0.05, 0) is 37.7 Å². The van der Waals surface area contributed by atoms with Crippen molar-refractivity contribution < 1.29 is 4.74 Å². The number of nitrogens with one attached hydrogen (secondary N) is 1. The fraction of sp³-hybridized carbons (Fsp3) is 0.571. The first-order valence-electron chi connectivity index (χ1n) is 6.41. The van der Waals surface area contributed by atoms with Gasteiger partial charge < -0.3 is 15.0 Å². The van der Waals surface area contributed by atoms with E-state index in [4.69, 9.17) is 4.74 Å². The molecule has 1 aliphatic rings. The van der Waals surface area contributed by atoms with Crippen LogP contribution in [0.4, 0.5) is 5.69 Å². The van der Waals surface area contributed by atoms with Crippen molar-refractivity contribution in [2.45, 2.75) is 26.4 Å². The van der Waals surface area contributed by atoms with Crippen LogP contribution in [0.5, 0.6) is 5.75 Å². The van der Waals surface area contributed by atoms with E-state index >= 15 is 0 Å². The highest BCUT2D eigenvalue weighted by atomic mass is 16.5. The highest BCUT2D eigenvalue weighted by Gasteiger charge is 2.20. The summed E-state index contributed by atoms with van der Waals surface area (Å²) in [5, 5.41) is 3.09. The average molecular weight is 236 g/mol. The monoisotopic (exact) mass is 236 g/mol. The van der Waals surface area contributed by atoms with Crippen LogP contribution < -0.4 is 10.1 Å². The van der Waals surface area contributed by atoms with Gasteiger partial charge in [-0.1, -0.05) is 13.8 Å². The number of anilines is 1. The summed E-state index contributed by atoms with van der Waals surface area (Å²) in [5.74, 6) is 0.967. The lowest BCUT2D eigenvalue weighted by Crippen LogP contribution is -2.21. The summed E-state index contributed by atoms with van der Waals surface area (Å²) in [6.07, 6.45) is 1.49. The van der Waals surface area contributed by atoms with Gasteiger partial charge in [-0.3, -0.25) is 0 Å². The van der Waals surface area contributed by atoms with E-state index in [0.717, 1.165) is 30.9 Å². The van der Waals surface area contributed by atoms with E-state index in [1.54, 1.807) is 0 Å².